The number of imide groups is 1. The molecule has 3 N–H and O–H groups in total. The second-order valence-corrected chi connectivity index (χ2v) is 5.69. The average molecular weight is 387 g/mol. The van der Waals surface area contributed by atoms with E-state index in [4.69, 9.17) is 0 Å². The van der Waals surface area contributed by atoms with E-state index in [-0.39, 0.29) is 5.69 Å². The van der Waals surface area contributed by atoms with Gasteiger partial charge in [0.05, 0.1) is 5.69 Å². The van der Waals surface area contributed by atoms with Gasteiger partial charge in [-0.15, -0.1) is 0 Å². The minimum absolute atomic E-state index is 0.108. The first-order chi connectivity index (χ1) is 13.3. The number of benzene rings is 2. The number of ether oxygens (including phenoxy) is 1. The van der Waals surface area contributed by atoms with Gasteiger partial charge in [-0.3, -0.25) is 19.7 Å². The van der Waals surface area contributed by atoms with Gasteiger partial charge in [-0.2, -0.15) is 0 Å². The summed E-state index contributed by atoms with van der Waals surface area (Å²) in [6, 6.07) is 11.2. The molecule has 0 atom stereocenters. The lowest BCUT2D eigenvalue weighted by molar-refractivity contribution is -0.147. The second kappa shape index (κ2) is 9.81. The summed E-state index contributed by atoms with van der Waals surface area (Å²) in [4.78, 5) is 46.7. The molecule has 146 valence electrons. The van der Waals surface area contributed by atoms with Crippen LogP contribution < -0.4 is 16.0 Å². The Labute approximate surface area is 160 Å². The van der Waals surface area contributed by atoms with E-state index in [0.29, 0.717) is 5.56 Å². The fourth-order valence-electron chi connectivity index (χ4n) is 2.12. The molecule has 0 fully saturated rings. The van der Waals surface area contributed by atoms with E-state index in [2.05, 4.69) is 15.4 Å². The molecule has 0 saturated heterocycles. The summed E-state index contributed by atoms with van der Waals surface area (Å²) >= 11 is 0. The van der Waals surface area contributed by atoms with Crippen molar-refractivity contribution in [1.29, 1.82) is 0 Å². The number of halogens is 1. The van der Waals surface area contributed by atoms with Gasteiger partial charge in [0.1, 0.15) is 12.4 Å². The zero-order chi connectivity index (χ0) is 20.5. The monoisotopic (exact) mass is 387 g/mol. The maximum Gasteiger partial charge on any atom is 0.326 e. The lowest BCUT2D eigenvalue weighted by Gasteiger charge is -2.09. The predicted molar refractivity (Wildman–Crippen MR) is 98.0 cm³/mol. The van der Waals surface area contributed by atoms with Crippen molar-refractivity contribution in [1.82, 2.24) is 10.6 Å². The predicted octanol–water partition coefficient (Wildman–Crippen LogP) is 1.76. The van der Waals surface area contributed by atoms with Gasteiger partial charge < -0.3 is 15.4 Å². The average Bonchev–Trinajstić information content (AvgIpc) is 2.66. The normalized spacial score (nSPS) is 9.93. The summed E-state index contributed by atoms with van der Waals surface area (Å²) in [5.41, 5.74) is 1.17. The van der Waals surface area contributed by atoms with E-state index >= 15 is 0 Å². The minimum Gasteiger partial charge on any atom is -0.454 e. The van der Waals surface area contributed by atoms with Gasteiger partial charge >= 0.3 is 12.0 Å². The Hall–Kier alpha value is -3.75. The zero-order valence-corrected chi connectivity index (χ0v) is 15.0. The van der Waals surface area contributed by atoms with Crippen molar-refractivity contribution < 1.29 is 28.3 Å². The number of para-hydroxylation sites is 1. The van der Waals surface area contributed by atoms with Crippen molar-refractivity contribution >= 4 is 29.5 Å². The molecule has 9 heteroatoms. The van der Waals surface area contributed by atoms with Crippen molar-refractivity contribution in [3.05, 3.63) is 65.5 Å². The number of nitrogens with one attached hydrogen (secondary N) is 3. The lowest BCUT2D eigenvalue weighted by atomic mass is 10.1. The third-order valence-corrected chi connectivity index (χ3v) is 3.41. The van der Waals surface area contributed by atoms with Crippen LogP contribution in [0, 0.1) is 12.7 Å². The number of esters is 1. The van der Waals surface area contributed by atoms with Crippen LogP contribution in [0.3, 0.4) is 0 Å². The zero-order valence-electron chi connectivity index (χ0n) is 15.0. The first-order valence-corrected chi connectivity index (χ1v) is 8.21. The molecule has 0 spiro atoms. The molecule has 0 aromatic heterocycles. The fourth-order valence-corrected chi connectivity index (χ4v) is 2.12. The molecule has 0 saturated carbocycles. The van der Waals surface area contributed by atoms with Crippen molar-refractivity contribution in [3.63, 3.8) is 0 Å². The number of hydrogen-bond donors (Lipinski definition) is 3. The summed E-state index contributed by atoms with van der Waals surface area (Å²) in [6.07, 6.45) is 0. The van der Waals surface area contributed by atoms with Crippen molar-refractivity contribution in [2.75, 3.05) is 18.5 Å². The van der Waals surface area contributed by atoms with Gasteiger partial charge in [-0.1, -0.05) is 29.8 Å². The molecule has 4 amide bonds. The standard InChI is InChI=1S/C19H18FN3O5/c1-12-5-4-6-13(9-12)18(26)21-10-17(25)28-11-16(24)23-19(27)22-15-8-3-2-7-14(15)20/h2-9H,10-11H2,1H3,(H,21,26)(H2,22,23,24,27). The van der Waals surface area contributed by atoms with Crippen molar-refractivity contribution in [2.24, 2.45) is 0 Å². The van der Waals surface area contributed by atoms with E-state index in [9.17, 15) is 23.6 Å². The second-order valence-electron chi connectivity index (χ2n) is 5.69. The molecule has 0 bridgehead atoms. The highest BCUT2D eigenvalue weighted by molar-refractivity contribution is 6.02. The highest BCUT2D eigenvalue weighted by Crippen LogP contribution is 2.11. The van der Waals surface area contributed by atoms with Crippen LogP contribution in [0.5, 0.6) is 0 Å². The number of hydrogen-bond acceptors (Lipinski definition) is 5. The van der Waals surface area contributed by atoms with E-state index in [1.54, 1.807) is 18.2 Å². The van der Waals surface area contributed by atoms with Crippen LogP contribution in [-0.4, -0.2) is 37.0 Å². The van der Waals surface area contributed by atoms with E-state index in [1.807, 2.05) is 18.3 Å². The Kier molecular flexibility index (Phi) is 7.21. The van der Waals surface area contributed by atoms with Crippen LogP contribution in [0.2, 0.25) is 0 Å². The smallest absolute Gasteiger partial charge is 0.326 e. The number of aryl methyl sites for hydroxylation is 1. The molecule has 2 aromatic carbocycles. The Morgan fingerprint density at radius 2 is 1.79 bits per heavy atom. The molecule has 2 aromatic rings. The van der Waals surface area contributed by atoms with Crippen molar-refractivity contribution in [2.45, 2.75) is 6.92 Å². The van der Waals surface area contributed by atoms with Crippen LogP contribution in [0.25, 0.3) is 0 Å². The summed E-state index contributed by atoms with van der Waals surface area (Å²) in [7, 11) is 0. The minimum atomic E-state index is -0.973. The van der Waals surface area contributed by atoms with Crippen LogP contribution in [0.1, 0.15) is 15.9 Å². The first kappa shape index (κ1) is 20.6. The third kappa shape index (κ3) is 6.52. The topological polar surface area (TPSA) is 114 Å². The van der Waals surface area contributed by atoms with E-state index in [1.165, 1.54) is 18.2 Å². The number of amides is 4. The largest absolute Gasteiger partial charge is 0.454 e. The van der Waals surface area contributed by atoms with Gasteiger partial charge in [-0.05, 0) is 31.2 Å². The molecular weight excluding hydrogens is 369 g/mol. The molecule has 0 aliphatic rings. The van der Waals surface area contributed by atoms with E-state index < -0.39 is 42.8 Å². The summed E-state index contributed by atoms with van der Waals surface area (Å²) in [6.45, 7) is 0.650. The van der Waals surface area contributed by atoms with Gasteiger partial charge in [0.15, 0.2) is 6.61 Å². The van der Waals surface area contributed by atoms with Gasteiger partial charge in [0, 0.05) is 5.56 Å². The highest BCUT2D eigenvalue weighted by atomic mass is 19.1. The van der Waals surface area contributed by atoms with E-state index in [0.717, 1.165) is 11.6 Å². The SMILES string of the molecule is Cc1cccc(C(=O)NCC(=O)OCC(=O)NC(=O)Nc2ccccc2F)c1. The molecule has 0 aliphatic heterocycles. The Bertz CT molecular complexity index is 901. The third-order valence-electron chi connectivity index (χ3n) is 3.41. The van der Waals surface area contributed by atoms with Gasteiger partial charge in [0.2, 0.25) is 0 Å². The molecule has 0 radical (unpaired) electrons. The summed E-state index contributed by atoms with van der Waals surface area (Å²) in [5, 5.41) is 6.40. The maximum absolute atomic E-state index is 13.4. The molecule has 28 heavy (non-hydrogen) atoms. The lowest BCUT2D eigenvalue weighted by Crippen LogP contribution is -2.38. The number of anilines is 1. The number of urea groups is 1. The van der Waals surface area contributed by atoms with Crippen LogP contribution in [0.15, 0.2) is 48.5 Å². The van der Waals surface area contributed by atoms with Gasteiger partial charge in [0.25, 0.3) is 11.8 Å². The fraction of sp³-hybridized carbons (Fsp3) is 0.158. The summed E-state index contributed by atoms with van der Waals surface area (Å²) < 4.78 is 18.1. The highest BCUT2D eigenvalue weighted by Gasteiger charge is 2.13. The van der Waals surface area contributed by atoms with Gasteiger partial charge in [-0.25, -0.2) is 9.18 Å². The van der Waals surface area contributed by atoms with Crippen LogP contribution >= 0.6 is 0 Å². The molecule has 2 rings (SSSR count). The quantitative estimate of drug-likeness (QED) is 0.654. The first-order valence-electron chi connectivity index (χ1n) is 8.21. The van der Waals surface area contributed by atoms with Crippen LogP contribution in [0.4, 0.5) is 14.9 Å². The molecule has 0 aliphatic carbocycles. The Balaban J connectivity index is 1.70. The number of carbonyl (C=O) groups is 4. The van der Waals surface area contributed by atoms with Crippen molar-refractivity contribution in [3.8, 4) is 0 Å². The van der Waals surface area contributed by atoms with Crippen LogP contribution in [-0.2, 0) is 14.3 Å². The Morgan fingerprint density at radius 1 is 1.04 bits per heavy atom. The molecule has 0 unspecified atom stereocenters. The maximum atomic E-state index is 13.4. The number of rotatable bonds is 6. The Morgan fingerprint density at radius 3 is 2.50 bits per heavy atom. The molecule has 0 heterocycles. The summed E-state index contributed by atoms with van der Waals surface area (Å²) in [5.74, 6) is -2.90. The molecule has 8 nitrogen and oxygen atoms in total. The molecular formula is C19H18FN3O5. The number of carbonyl (C=O) groups excluding carboxylic acids is 4.